The highest BCUT2D eigenvalue weighted by Gasteiger charge is 2.26. The summed E-state index contributed by atoms with van der Waals surface area (Å²) < 4.78 is 5.13. The first-order chi connectivity index (χ1) is 10.1. The molecule has 0 saturated carbocycles. The number of benzene rings is 1. The van der Waals surface area contributed by atoms with E-state index in [1.54, 1.807) is 31.1 Å². The maximum absolute atomic E-state index is 12.3. The van der Waals surface area contributed by atoms with E-state index in [2.05, 4.69) is 5.32 Å². The van der Waals surface area contributed by atoms with E-state index in [-0.39, 0.29) is 11.8 Å². The van der Waals surface area contributed by atoms with Gasteiger partial charge in [0, 0.05) is 24.7 Å². The first-order valence-corrected chi connectivity index (χ1v) is 7.36. The van der Waals surface area contributed by atoms with E-state index in [1.165, 1.54) is 0 Å². The molecule has 2 amide bonds. The molecular weight excluding hydrogens is 268 g/mol. The van der Waals surface area contributed by atoms with Crippen molar-refractivity contribution in [2.45, 2.75) is 38.6 Å². The van der Waals surface area contributed by atoms with Crippen LogP contribution < -0.4 is 10.1 Å². The molecule has 114 valence electrons. The summed E-state index contributed by atoms with van der Waals surface area (Å²) in [4.78, 5) is 26.0. The van der Waals surface area contributed by atoms with E-state index in [0.29, 0.717) is 24.4 Å². The Kier molecular flexibility index (Phi) is 5.20. The number of amides is 2. The van der Waals surface area contributed by atoms with Crippen molar-refractivity contribution in [2.75, 3.05) is 19.0 Å². The number of carbonyl (C=O) groups excluding carboxylic acids is 2. The minimum absolute atomic E-state index is 0.0702. The molecule has 1 saturated heterocycles. The zero-order valence-corrected chi connectivity index (χ0v) is 12.6. The number of rotatable bonds is 4. The number of anilines is 1. The molecule has 5 nitrogen and oxygen atoms in total. The Morgan fingerprint density at radius 2 is 2.14 bits per heavy atom. The molecular formula is C16H22N2O3. The average molecular weight is 290 g/mol. The Labute approximate surface area is 125 Å². The van der Waals surface area contributed by atoms with Crippen LogP contribution in [0.5, 0.6) is 5.75 Å². The number of likely N-dealkylation sites (tertiary alicyclic amines) is 1. The van der Waals surface area contributed by atoms with E-state index in [4.69, 9.17) is 4.74 Å². The second kappa shape index (κ2) is 7.11. The van der Waals surface area contributed by atoms with Gasteiger partial charge in [0.2, 0.25) is 11.8 Å². The molecule has 0 aromatic heterocycles. The third-order valence-corrected chi connectivity index (χ3v) is 3.79. The normalized spacial score (nSPS) is 17.0. The molecule has 2 rings (SSSR count). The zero-order valence-electron chi connectivity index (χ0n) is 12.6. The second-order valence-electron chi connectivity index (χ2n) is 5.29. The van der Waals surface area contributed by atoms with Gasteiger partial charge < -0.3 is 15.0 Å². The van der Waals surface area contributed by atoms with Crippen LogP contribution in [0, 0.1) is 0 Å². The predicted molar refractivity (Wildman–Crippen MR) is 81.3 cm³/mol. The van der Waals surface area contributed by atoms with Crippen LogP contribution in [-0.2, 0) is 9.59 Å². The van der Waals surface area contributed by atoms with E-state index in [1.807, 2.05) is 12.1 Å². The van der Waals surface area contributed by atoms with Crippen molar-refractivity contribution in [1.29, 1.82) is 0 Å². The van der Waals surface area contributed by atoms with Gasteiger partial charge in [-0.05, 0) is 31.9 Å². The molecule has 0 unspecified atom stereocenters. The van der Waals surface area contributed by atoms with Gasteiger partial charge in [0.1, 0.15) is 11.8 Å². The van der Waals surface area contributed by atoms with E-state index in [9.17, 15) is 9.59 Å². The highest BCUT2D eigenvalue weighted by Crippen LogP contribution is 2.18. The van der Waals surface area contributed by atoms with Crippen LogP contribution in [0.3, 0.4) is 0 Å². The Balaban J connectivity index is 2.02. The van der Waals surface area contributed by atoms with Crippen LogP contribution in [0.2, 0.25) is 0 Å². The lowest BCUT2D eigenvalue weighted by Gasteiger charge is -2.27. The standard InChI is InChI=1S/C16H22N2O3/c1-12(18-10-5-3-4-9-15(18)19)16(20)17-13-7-6-8-14(11-13)21-2/h6-8,11-12H,3-5,9-10H2,1-2H3,(H,17,20)/t12-/m0/s1. The van der Waals surface area contributed by atoms with Gasteiger partial charge in [-0.25, -0.2) is 0 Å². The molecule has 1 fully saturated rings. The van der Waals surface area contributed by atoms with Crippen molar-refractivity contribution in [3.8, 4) is 5.75 Å². The smallest absolute Gasteiger partial charge is 0.246 e. The minimum Gasteiger partial charge on any atom is -0.497 e. The average Bonchev–Trinajstić information content (AvgIpc) is 2.71. The van der Waals surface area contributed by atoms with E-state index < -0.39 is 6.04 Å². The van der Waals surface area contributed by atoms with Gasteiger partial charge in [-0.15, -0.1) is 0 Å². The number of carbonyl (C=O) groups is 2. The largest absolute Gasteiger partial charge is 0.497 e. The molecule has 0 bridgehead atoms. The highest BCUT2D eigenvalue weighted by molar-refractivity contribution is 5.97. The van der Waals surface area contributed by atoms with Crippen molar-refractivity contribution in [3.05, 3.63) is 24.3 Å². The summed E-state index contributed by atoms with van der Waals surface area (Å²) >= 11 is 0. The minimum atomic E-state index is -0.457. The first kappa shape index (κ1) is 15.4. The lowest BCUT2D eigenvalue weighted by Crippen LogP contribution is -2.45. The molecule has 0 radical (unpaired) electrons. The van der Waals surface area contributed by atoms with Gasteiger partial charge in [0.05, 0.1) is 7.11 Å². The molecule has 0 aliphatic carbocycles. The van der Waals surface area contributed by atoms with Gasteiger partial charge in [-0.3, -0.25) is 9.59 Å². The topological polar surface area (TPSA) is 58.6 Å². The summed E-state index contributed by atoms with van der Waals surface area (Å²) in [6.07, 6.45) is 3.46. The third kappa shape index (κ3) is 3.97. The van der Waals surface area contributed by atoms with Crippen molar-refractivity contribution < 1.29 is 14.3 Å². The molecule has 1 N–H and O–H groups in total. The summed E-state index contributed by atoms with van der Waals surface area (Å²) in [5.41, 5.74) is 0.675. The van der Waals surface area contributed by atoms with Crippen LogP contribution in [0.1, 0.15) is 32.6 Å². The third-order valence-electron chi connectivity index (χ3n) is 3.79. The van der Waals surface area contributed by atoms with Crippen molar-refractivity contribution in [3.63, 3.8) is 0 Å². The maximum atomic E-state index is 12.3. The van der Waals surface area contributed by atoms with Gasteiger partial charge in [0.15, 0.2) is 0 Å². The lowest BCUT2D eigenvalue weighted by atomic mass is 10.2. The number of hydrogen-bond donors (Lipinski definition) is 1. The van der Waals surface area contributed by atoms with Crippen LogP contribution >= 0.6 is 0 Å². The first-order valence-electron chi connectivity index (χ1n) is 7.36. The van der Waals surface area contributed by atoms with Crippen molar-refractivity contribution in [2.24, 2.45) is 0 Å². The molecule has 1 atom stereocenters. The van der Waals surface area contributed by atoms with E-state index >= 15 is 0 Å². The number of methoxy groups -OCH3 is 1. The molecule has 1 aromatic rings. The van der Waals surface area contributed by atoms with Gasteiger partial charge in [-0.2, -0.15) is 0 Å². The van der Waals surface area contributed by atoms with Gasteiger partial charge >= 0.3 is 0 Å². The fraction of sp³-hybridized carbons (Fsp3) is 0.500. The number of hydrogen-bond acceptors (Lipinski definition) is 3. The summed E-state index contributed by atoms with van der Waals surface area (Å²) in [5.74, 6) is 0.589. The molecule has 1 aliphatic heterocycles. The molecule has 1 heterocycles. The van der Waals surface area contributed by atoms with E-state index in [0.717, 1.165) is 19.3 Å². The zero-order chi connectivity index (χ0) is 15.2. The summed E-state index contributed by atoms with van der Waals surface area (Å²) in [5, 5.41) is 2.84. The Morgan fingerprint density at radius 1 is 1.33 bits per heavy atom. The monoisotopic (exact) mass is 290 g/mol. The van der Waals surface area contributed by atoms with Crippen molar-refractivity contribution >= 4 is 17.5 Å². The van der Waals surface area contributed by atoms with Crippen LogP contribution in [0.4, 0.5) is 5.69 Å². The van der Waals surface area contributed by atoms with Crippen molar-refractivity contribution in [1.82, 2.24) is 4.90 Å². The second-order valence-corrected chi connectivity index (χ2v) is 5.29. The number of ether oxygens (including phenoxy) is 1. The quantitative estimate of drug-likeness (QED) is 0.926. The molecule has 5 heteroatoms. The van der Waals surface area contributed by atoms with Gasteiger partial charge in [0.25, 0.3) is 0 Å². The number of nitrogens with one attached hydrogen (secondary N) is 1. The fourth-order valence-electron chi connectivity index (χ4n) is 2.50. The van der Waals surface area contributed by atoms with Gasteiger partial charge in [-0.1, -0.05) is 12.5 Å². The highest BCUT2D eigenvalue weighted by atomic mass is 16.5. The Morgan fingerprint density at radius 3 is 2.90 bits per heavy atom. The molecule has 21 heavy (non-hydrogen) atoms. The Hall–Kier alpha value is -2.04. The number of nitrogens with zero attached hydrogens (tertiary/aromatic N) is 1. The van der Waals surface area contributed by atoms with Crippen LogP contribution in [-0.4, -0.2) is 36.4 Å². The summed E-state index contributed by atoms with van der Waals surface area (Å²) in [6.45, 7) is 2.43. The van der Waals surface area contributed by atoms with Crippen LogP contribution in [0.15, 0.2) is 24.3 Å². The Bertz CT molecular complexity index is 516. The molecule has 0 spiro atoms. The fourth-order valence-corrected chi connectivity index (χ4v) is 2.50. The molecule has 1 aromatic carbocycles. The SMILES string of the molecule is COc1cccc(NC(=O)[C@H](C)N2CCCCCC2=O)c1. The lowest BCUT2D eigenvalue weighted by molar-refractivity contribution is -0.137. The summed E-state index contributed by atoms with van der Waals surface area (Å²) in [6, 6.07) is 6.74. The predicted octanol–water partition coefficient (Wildman–Crippen LogP) is 2.42. The van der Waals surface area contributed by atoms with Crippen LogP contribution in [0.25, 0.3) is 0 Å². The summed E-state index contributed by atoms with van der Waals surface area (Å²) in [7, 11) is 1.58. The molecule has 1 aliphatic rings. The maximum Gasteiger partial charge on any atom is 0.246 e.